The quantitative estimate of drug-likeness (QED) is 0.531. The first kappa shape index (κ1) is 10.9. The highest BCUT2D eigenvalue weighted by atomic mass is 16.5. The Kier molecular flexibility index (Phi) is 7.96. The zero-order chi connectivity index (χ0) is 8.53. The highest BCUT2D eigenvalue weighted by molar-refractivity contribution is 4.47. The number of hydrogen-bond acceptors (Lipinski definition) is 2. The zero-order valence-corrected chi connectivity index (χ0v) is 7.93. The molecule has 1 atom stereocenters. The van der Waals surface area contributed by atoms with Gasteiger partial charge in [0.15, 0.2) is 0 Å². The lowest BCUT2D eigenvalue weighted by Crippen LogP contribution is -2.11. The van der Waals surface area contributed by atoms with Crippen LogP contribution in [0.2, 0.25) is 0 Å². The molecule has 68 valence electrons. The van der Waals surface area contributed by atoms with Gasteiger partial charge in [-0.3, -0.25) is 0 Å². The van der Waals surface area contributed by atoms with Gasteiger partial charge in [0.2, 0.25) is 0 Å². The van der Waals surface area contributed by atoms with E-state index in [1.165, 1.54) is 12.8 Å². The van der Waals surface area contributed by atoms with Crippen LogP contribution >= 0.6 is 0 Å². The molecule has 0 heterocycles. The van der Waals surface area contributed by atoms with Crippen LogP contribution in [-0.4, -0.2) is 26.9 Å². The van der Waals surface area contributed by atoms with Crippen LogP contribution in [0.1, 0.15) is 26.7 Å². The predicted molar refractivity (Wildman–Crippen MR) is 46.8 cm³/mol. The fraction of sp³-hybridized carbons (Fsp3) is 1.00. The number of hydrogen-bond donors (Lipinski definition) is 0. The summed E-state index contributed by atoms with van der Waals surface area (Å²) in [6, 6.07) is 0. The van der Waals surface area contributed by atoms with Gasteiger partial charge >= 0.3 is 0 Å². The van der Waals surface area contributed by atoms with Crippen LogP contribution in [0, 0.1) is 5.92 Å². The molecule has 0 radical (unpaired) electrons. The minimum Gasteiger partial charge on any atom is -0.384 e. The second kappa shape index (κ2) is 8.02. The topological polar surface area (TPSA) is 18.5 Å². The van der Waals surface area contributed by atoms with E-state index in [-0.39, 0.29) is 0 Å². The second-order valence-electron chi connectivity index (χ2n) is 2.99. The van der Waals surface area contributed by atoms with Crippen LogP contribution < -0.4 is 0 Å². The van der Waals surface area contributed by atoms with E-state index in [0.717, 1.165) is 19.8 Å². The lowest BCUT2D eigenvalue weighted by molar-refractivity contribution is 0.0634. The van der Waals surface area contributed by atoms with Gasteiger partial charge in [-0.25, -0.2) is 0 Å². The largest absolute Gasteiger partial charge is 0.384 e. The SMILES string of the molecule is CCCCOC[C@@H](C)COC. The molecule has 2 heteroatoms. The fourth-order valence-corrected chi connectivity index (χ4v) is 0.864. The van der Waals surface area contributed by atoms with Crippen LogP contribution in [0.4, 0.5) is 0 Å². The maximum absolute atomic E-state index is 5.41. The molecule has 0 spiro atoms. The summed E-state index contributed by atoms with van der Waals surface area (Å²) >= 11 is 0. The van der Waals surface area contributed by atoms with E-state index < -0.39 is 0 Å². The highest BCUT2D eigenvalue weighted by Gasteiger charge is 1.99. The standard InChI is InChI=1S/C9H20O2/c1-4-5-6-11-8-9(2)7-10-3/h9H,4-8H2,1-3H3/t9-/m0/s1. The van der Waals surface area contributed by atoms with Crippen molar-refractivity contribution in [1.29, 1.82) is 0 Å². The molecule has 0 aromatic carbocycles. The van der Waals surface area contributed by atoms with Crippen molar-refractivity contribution in [2.75, 3.05) is 26.9 Å². The molecule has 0 aliphatic rings. The molecule has 0 aliphatic carbocycles. The van der Waals surface area contributed by atoms with Gasteiger partial charge in [0, 0.05) is 19.6 Å². The molecular formula is C9H20O2. The van der Waals surface area contributed by atoms with E-state index in [0.29, 0.717) is 5.92 Å². The molecule has 0 aromatic heterocycles. The summed E-state index contributed by atoms with van der Waals surface area (Å²) in [5.74, 6) is 0.525. The minimum absolute atomic E-state index is 0.525. The fourth-order valence-electron chi connectivity index (χ4n) is 0.864. The summed E-state index contributed by atoms with van der Waals surface area (Å²) in [6.07, 6.45) is 2.37. The van der Waals surface area contributed by atoms with Crippen LogP contribution in [0.5, 0.6) is 0 Å². The molecule has 0 amide bonds. The lowest BCUT2D eigenvalue weighted by atomic mass is 10.2. The smallest absolute Gasteiger partial charge is 0.0513 e. The molecule has 0 rings (SSSR count). The van der Waals surface area contributed by atoms with E-state index in [4.69, 9.17) is 9.47 Å². The summed E-state index contributed by atoms with van der Waals surface area (Å²) in [5.41, 5.74) is 0. The van der Waals surface area contributed by atoms with Crippen molar-refractivity contribution < 1.29 is 9.47 Å². The van der Waals surface area contributed by atoms with Gasteiger partial charge in [-0.1, -0.05) is 20.3 Å². The van der Waals surface area contributed by atoms with E-state index in [1.54, 1.807) is 7.11 Å². The third-order valence-electron chi connectivity index (χ3n) is 1.50. The molecule has 2 nitrogen and oxygen atoms in total. The molecule has 0 unspecified atom stereocenters. The summed E-state index contributed by atoms with van der Waals surface area (Å²) in [4.78, 5) is 0. The Morgan fingerprint density at radius 1 is 1.27 bits per heavy atom. The van der Waals surface area contributed by atoms with Crippen molar-refractivity contribution in [3.05, 3.63) is 0 Å². The van der Waals surface area contributed by atoms with Crippen molar-refractivity contribution in [2.45, 2.75) is 26.7 Å². The normalized spacial score (nSPS) is 13.4. The van der Waals surface area contributed by atoms with Gasteiger partial charge < -0.3 is 9.47 Å². The van der Waals surface area contributed by atoms with Crippen molar-refractivity contribution in [2.24, 2.45) is 5.92 Å². The first-order valence-electron chi connectivity index (χ1n) is 4.38. The molecule has 0 N–H and O–H groups in total. The molecule has 0 aliphatic heterocycles. The molecule has 0 saturated heterocycles. The lowest BCUT2D eigenvalue weighted by Gasteiger charge is -2.09. The first-order chi connectivity index (χ1) is 5.31. The van der Waals surface area contributed by atoms with Crippen molar-refractivity contribution in [1.82, 2.24) is 0 Å². The highest BCUT2D eigenvalue weighted by Crippen LogP contribution is 1.97. The number of methoxy groups -OCH3 is 1. The van der Waals surface area contributed by atoms with Crippen molar-refractivity contribution in [3.63, 3.8) is 0 Å². The Morgan fingerprint density at radius 3 is 2.55 bits per heavy atom. The van der Waals surface area contributed by atoms with Gasteiger partial charge in [-0.15, -0.1) is 0 Å². The van der Waals surface area contributed by atoms with E-state index in [1.807, 2.05) is 0 Å². The van der Waals surface area contributed by atoms with Crippen LogP contribution in [-0.2, 0) is 9.47 Å². The van der Waals surface area contributed by atoms with Gasteiger partial charge in [0.25, 0.3) is 0 Å². The van der Waals surface area contributed by atoms with Crippen molar-refractivity contribution in [3.8, 4) is 0 Å². The molecular weight excluding hydrogens is 140 g/mol. The maximum Gasteiger partial charge on any atom is 0.0513 e. The van der Waals surface area contributed by atoms with E-state index >= 15 is 0 Å². The molecule has 0 aromatic rings. The summed E-state index contributed by atoms with van der Waals surface area (Å²) in [7, 11) is 1.72. The average molecular weight is 160 g/mol. The molecule has 0 saturated carbocycles. The van der Waals surface area contributed by atoms with Gasteiger partial charge in [0.05, 0.1) is 13.2 Å². The van der Waals surface area contributed by atoms with Crippen LogP contribution in [0.3, 0.4) is 0 Å². The van der Waals surface area contributed by atoms with E-state index in [2.05, 4.69) is 13.8 Å². The molecule has 0 fully saturated rings. The van der Waals surface area contributed by atoms with Gasteiger partial charge in [-0.05, 0) is 6.42 Å². The second-order valence-corrected chi connectivity index (χ2v) is 2.99. The first-order valence-corrected chi connectivity index (χ1v) is 4.38. The number of rotatable bonds is 7. The Morgan fingerprint density at radius 2 is 2.00 bits per heavy atom. The van der Waals surface area contributed by atoms with Crippen molar-refractivity contribution >= 4 is 0 Å². The summed E-state index contributed by atoms with van der Waals surface area (Å²) < 4.78 is 10.4. The number of unbranched alkanes of at least 4 members (excludes halogenated alkanes) is 1. The Hall–Kier alpha value is -0.0800. The number of ether oxygens (including phenoxy) is 2. The Balaban J connectivity index is 2.97. The monoisotopic (exact) mass is 160 g/mol. The third-order valence-corrected chi connectivity index (χ3v) is 1.50. The summed E-state index contributed by atoms with van der Waals surface area (Å²) in [6.45, 7) is 6.82. The molecule has 11 heavy (non-hydrogen) atoms. The van der Waals surface area contributed by atoms with E-state index in [9.17, 15) is 0 Å². The maximum atomic E-state index is 5.41. The minimum atomic E-state index is 0.525. The van der Waals surface area contributed by atoms with Gasteiger partial charge in [0.1, 0.15) is 0 Å². The zero-order valence-electron chi connectivity index (χ0n) is 7.93. The molecule has 0 bridgehead atoms. The van der Waals surface area contributed by atoms with Crippen LogP contribution in [0.25, 0.3) is 0 Å². The third kappa shape index (κ3) is 7.82. The average Bonchev–Trinajstić information content (AvgIpc) is 1.99. The van der Waals surface area contributed by atoms with Gasteiger partial charge in [-0.2, -0.15) is 0 Å². The Labute approximate surface area is 69.9 Å². The Bertz CT molecular complexity index is 74.0. The van der Waals surface area contributed by atoms with Crippen LogP contribution in [0.15, 0.2) is 0 Å². The predicted octanol–water partition coefficient (Wildman–Crippen LogP) is 2.09. The summed E-state index contributed by atoms with van der Waals surface area (Å²) in [5, 5.41) is 0.